The number of nitrogens with zero attached hydrogens (tertiary/aromatic N) is 2. The number of anilines is 2. The van der Waals surface area contributed by atoms with Crippen molar-refractivity contribution in [1.82, 2.24) is 4.90 Å². The van der Waals surface area contributed by atoms with Gasteiger partial charge < -0.3 is 10.6 Å². The maximum atomic E-state index is 13.7. The Kier molecular flexibility index (Phi) is 4.89. The van der Waals surface area contributed by atoms with Crippen LogP contribution in [0.25, 0.3) is 0 Å². The summed E-state index contributed by atoms with van der Waals surface area (Å²) in [4.78, 5) is 4.56. The summed E-state index contributed by atoms with van der Waals surface area (Å²) >= 11 is 1.97. The third kappa shape index (κ3) is 3.31. The Morgan fingerprint density at radius 2 is 2.26 bits per heavy atom. The van der Waals surface area contributed by atoms with E-state index in [9.17, 15) is 4.39 Å². The minimum absolute atomic E-state index is 0.199. The molecule has 1 fully saturated rings. The first-order chi connectivity index (χ1) is 9.02. The van der Waals surface area contributed by atoms with Gasteiger partial charge in [-0.1, -0.05) is 6.92 Å². The van der Waals surface area contributed by atoms with E-state index in [-0.39, 0.29) is 5.82 Å². The summed E-state index contributed by atoms with van der Waals surface area (Å²) in [6.07, 6.45) is 2.47. The second-order valence-electron chi connectivity index (χ2n) is 5.13. The van der Waals surface area contributed by atoms with E-state index in [1.807, 2.05) is 29.6 Å². The van der Waals surface area contributed by atoms with Crippen LogP contribution < -0.4 is 10.6 Å². The van der Waals surface area contributed by atoms with Crippen LogP contribution in [-0.2, 0) is 0 Å². The summed E-state index contributed by atoms with van der Waals surface area (Å²) in [6.45, 7) is 5.34. The average Bonchev–Trinajstić information content (AvgIpc) is 2.80. The zero-order chi connectivity index (χ0) is 14.0. The van der Waals surface area contributed by atoms with Crippen molar-refractivity contribution in [2.45, 2.75) is 25.8 Å². The Morgan fingerprint density at radius 3 is 2.95 bits per heavy atom. The quantitative estimate of drug-likeness (QED) is 0.647. The number of benzene rings is 1. The SMILES string of the molecule is CCN1CCCC1CN(C)c1cc(F)c(I)cc1N. The van der Waals surface area contributed by atoms with Gasteiger partial charge in [-0.05, 0) is 54.6 Å². The number of likely N-dealkylation sites (N-methyl/N-ethyl adjacent to an activating group) is 2. The van der Waals surface area contributed by atoms with E-state index >= 15 is 0 Å². The lowest BCUT2D eigenvalue weighted by Crippen LogP contribution is -2.39. The molecular formula is C14H21FIN3. The molecule has 106 valence electrons. The molecular weight excluding hydrogens is 356 g/mol. The van der Waals surface area contributed by atoms with Crippen molar-refractivity contribution in [2.75, 3.05) is 37.3 Å². The van der Waals surface area contributed by atoms with Crippen LogP contribution in [-0.4, -0.2) is 37.6 Å². The zero-order valence-electron chi connectivity index (χ0n) is 11.5. The molecule has 1 atom stereocenters. The number of nitrogen functional groups attached to an aromatic ring is 1. The number of likely N-dealkylation sites (tertiary alicyclic amines) is 1. The maximum absolute atomic E-state index is 13.7. The standard InChI is InChI=1S/C14H21FIN3/c1-3-19-6-4-5-10(19)9-18(2)14-7-11(15)12(16)8-13(14)17/h7-8,10H,3-6,9,17H2,1-2H3. The summed E-state index contributed by atoms with van der Waals surface area (Å²) in [6, 6.07) is 3.80. The van der Waals surface area contributed by atoms with E-state index in [2.05, 4.69) is 16.7 Å². The van der Waals surface area contributed by atoms with Crippen LogP contribution in [0.3, 0.4) is 0 Å². The molecule has 2 rings (SSSR count). The molecule has 19 heavy (non-hydrogen) atoms. The lowest BCUT2D eigenvalue weighted by Gasteiger charge is -2.29. The molecule has 0 saturated carbocycles. The van der Waals surface area contributed by atoms with Gasteiger partial charge in [0.05, 0.1) is 14.9 Å². The molecule has 1 unspecified atom stereocenters. The van der Waals surface area contributed by atoms with Gasteiger partial charge in [-0.15, -0.1) is 0 Å². The number of halogens is 2. The normalized spacial score (nSPS) is 19.9. The number of rotatable bonds is 4. The van der Waals surface area contributed by atoms with Gasteiger partial charge in [0.1, 0.15) is 5.82 Å². The topological polar surface area (TPSA) is 32.5 Å². The van der Waals surface area contributed by atoms with Crippen LogP contribution in [0.4, 0.5) is 15.8 Å². The van der Waals surface area contributed by atoms with Crippen LogP contribution in [0.2, 0.25) is 0 Å². The monoisotopic (exact) mass is 377 g/mol. The van der Waals surface area contributed by atoms with Crippen molar-refractivity contribution >= 4 is 34.0 Å². The van der Waals surface area contributed by atoms with Crippen molar-refractivity contribution in [3.8, 4) is 0 Å². The highest BCUT2D eigenvalue weighted by Crippen LogP contribution is 2.28. The molecule has 2 N–H and O–H groups in total. The van der Waals surface area contributed by atoms with Crippen LogP contribution in [0.5, 0.6) is 0 Å². The van der Waals surface area contributed by atoms with Gasteiger partial charge in [-0.25, -0.2) is 4.39 Å². The highest BCUT2D eigenvalue weighted by atomic mass is 127. The highest BCUT2D eigenvalue weighted by Gasteiger charge is 2.24. The molecule has 1 aromatic carbocycles. The van der Waals surface area contributed by atoms with Crippen molar-refractivity contribution in [1.29, 1.82) is 0 Å². The molecule has 1 heterocycles. The summed E-state index contributed by atoms with van der Waals surface area (Å²) in [7, 11) is 1.99. The molecule has 0 aliphatic carbocycles. The van der Waals surface area contributed by atoms with E-state index in [1.165, 1.54) is 19.4 Å². The van der Waals surface area contributed by atoms with Gasteiger partial charge in [0.25, 0.3) is 0 Å². The molecule has 0 radical (unpaired) electrons. The van der Waals surface area contributed by atoms with Crippen molar-refractivity contribution in [2.24, 2.45) is 0 Å². The Bertz CT molecular complexity index is 453. The molecule has 1 aromatic rings. The minimum Gasteiger partial charge on any atom is -0.397 e. The van der Waals surface area contributed by atoms with E-state index in [4.69, 9.17) is 5.73 Å². The Balaban J connectivity index is 2.11. The predicted octanol–water partition coefficient (Wildman–Crippen LogP) is 2.93. The largest absolute Gasteiger partial charge is 0.397 e. The van der Waals surface area contributed by atoms with Crippen molar-refractivity contribution < 1.29 is 4.39 Å². The van der Waals surface area contributed by atoms with Crippen molar-refractivity contribution in [3.05, 3.63) is 21.5 Å². The molecule has 5 heteroatoms. The molecule has 1 aliphatic rings. The molecule has 0 amide bonds. The molecule has 3 nitrogen and oxygen atoms in total. The van der Waals surface area contributed by atoms with Crippen LogP contribution in [0.1, 0.15) is 19.8 Å². The lowest BCUT2D eigenvalue weighted by molar-refractivity contribution is 0.270. The number of hydrogen-bond donors (Lipinski definition) is 1. The fraction of sp³-hybridized carbons (Fsp3) is 0.571. The second-order valence-corrected chi connectivity index (χ2v) is 6.29. The van der Waals surface area contributed by atoms with Gasteiger partial charge in [0.15, 0.2) is 0 Å². The van der Waals surface area contributed by atoms with Crippen LogP contribution in [0, 0.1) is 9.39 Å². The van der Waals surface area contributed by atoms with E-state index in [1.54, 1.807) is 12.1 Å². The maximum Gasteiger partial charge on any atom is 0.138 e. The van der Waals surface area contributed by atoms with Crippen LogP contribution in [0.15, 0.2) is 12.1 Å². The molecule has 0 spiro atoms. The summed E-state index contributed by atoms with van der Waals surface area (Å²) < 4.78 is 14.2. The summed E-state index contributed by atoms with van der Waals surface area (Å²) in [5, 5.41) is 0. The molecule has 1 aliphatic heterocycles. The first kappa shape index (κ1) is 14.8. The van der Waals surface area contributed by atoms with E-state index < -0.39 is 0 Å². The van der Waals surface area contributed by atoms with E-state index in [0.717, 1.165) is 18.8 Å². The molecule has 1 saturated heterocycles. The van der Waals surface area contributed by atoms with Gasteiger partial charge in [0.2, 0.25) is 0 Å². The smallest absolute Gasteiger partial charge is 0.138 e. The van der Waals surface area contributed by atoms with Gasteiger partial charge in [-0.2, -0.15) is 0 Å². The molecule has 0 bridgehead atoms. The van der Waals surface area contributed by atoms with E-state index in [0.29, 0.717) is 15.3 Å². The summed E-state index contributed by atoms with van der Waals surface area (Å²) in [5.41, 5.74) is 7.45. The van der Waals surface area contributed by atoms with Gasteiger partial charge in [-0.3, -0.25) is 4.90 Å². The Labute approximate surface area is 128 Å². The Hall–Kier alpha value is -0.560. The minimum atomic E-state index is -0.199. The fourth-order valence-electron chi connectivity index (χ4n) is 2.81. The highest BCUT2D eigenvalue weighted by molar-refractivity contribution is 14.1. The van der Waals surface area contributed by atoms with Crippen LogP contribution >= 0.6 is 22.6 Å². The third-order valence-electron chi connectivity index (χ3n) is 3.87. The van der Waals surface area contributed by atoms with Crippen molar-refractivity contribution in [3.63, 3.8) is 0 Å². The fourth-order valence-corrected chi connectivity index (χ4v) is 3.31. The number of hydrogen-bond acceptors (Lipinski definition) is 3. The van der Waals surface area contributed by atoms with Gasteiger partial charge >= 0.3 is 0 Å². The zero-order valence-corrected chi connectivity index (χ0v) is 13.7. The molecule has 0 aromatic heterocycles. The second kappa shape index (κ2) is 6.26. The summed E-state index contributed by atoms with van der Waals surface area (Å²) in [5.74, 6) is -0.199. The predicted molar refractivity (Wildman–Crippen MR) is 87.1 cm³/mol. The average molecular weight is 377 g/mol. The van der Waals surface area contributed by atoms with Gasteiger partial charge in [0, 0.05) is 25.7 Å². The first-order valence-corrected chi connectivity index (χ1v) is 7.80. The lowest BCUT2D eigenvalue weighted by atomic mass is 10.2. The Morgan fingerprint density at radius 1 is 1.53 bits per heavy atom. The number of nitrogens with two attached hydrogens (primary N) is 1. The third-order valence-corrected chi connectivity index (χ3v) is 4.70. The first-order valence-electron chi connectivity index (χ1n) is 6.72.